The van der Waals surface area contributed by atoms with Gasteiger partial charge in [0.05, 0.1) is 12.6 Å². The van der Waals surface area contributed by atoms with E-state index >= 15 is 0 Å². The number of nitrogens with zero attached hydrogens (tertiary/aromatic N) is 2. The van der Waals surface area contributed by atoms with E-state index < -0.39 is 6.04 Å². The van der Waals surface area contributed by atoms with Crippen LogP contribution in [0.5, 0.6) is 0 Å². The zero-order chi connectivity index (χ0) is 20.5. The molecular weight excluding hydrogens is 358 g/mol. The lowest BCUT2D eigenvalue weighted by atomic mass is 10.1. The van der Waals surface area contributed by atoms with Crippen molar-refractivity contribution in [1.29, 1.82) is 0 Å². The van der Waals surface area contributed by atoms with Gasteiger partial charge in [-0.2, -0.15) is 0 Å². The minimum Gasteiger partial charge on any atom is -0.368 e. The first-order chi connectivity index (χ1) is 13.4. The summed E-state index contributed by atoms with van der Waals surface area (Å²) in [7, 11) is 0. The summed E-state index contributed by atoms with van der Waals surface area (Å²) in [4.78, 5) is 39.9. The summed E-state index contributed by atoms with van der Waals surface area (Å²) in [6, 6.07) is 9.51. The fraction of sp³-hybridized carbons (Fsp3) is 0.550. The molecule has 154 valence electrons. The van der Waals surface area contributed by atoms with Crippen molar-refractivity contribution in [2.24, 2.45) is 11.7 Å². The predicted octanol–water partition coefficient (Wildman–Crippen LogP) is -0.0590. The summed E-state index contributed by atoms with van der Waals surface area (Å²) in [6.45, 7) is 6.74. The lowest BCUT2D eigenvalue weighted by Gasteiger charge is -2.36. The van der Waals surface area contributed by atoms with Crippen molar-refractivity contribution in [2.45, 2.75) is 26.3 Å². The molecule has 0 spiro atoms. The van der Waals surface area contributed by atoms with Gasteiger partial charge < -0.3 is 26.2 Å². The number of benzene rings is 1. The highest BCUT2D eigenvalue weighted by molar-refractivity contribution is 5.87. The van der Waals surface area contributed by atoms with Crippen LogP contribution in [-0.2, 0) is 14.4 Å². The largest absolute Gasteiger partial charge is 0.368 e. The van der Waals surface area contributed by atoms with Gasteiger partial charge in [-0.25, -0.2) is 0 Å². The van der Waals surface area contributed by atoms with Crippen molar-refractivity contribution in [3.05, 3.63) is 30.3 Å². The number of hydrogen-bond donors (Lipinski definition) is 3. The molecule has 8 heteroatoms. The number of nitrogens with two attached hydrogens (primary N) is 1. The molecule has 1 fully saturated rings. The number of piperazine rings is 1. The van der Waals surface area contributed by atoms with E-state index in [9.17, 15) is 14.4 Å². The van der Waals surface area contributed by atoms with E-state index in [1.54, 1.807) is 0 Å². The third kappa shape index (κ3) is 6.53. The van der Waals surface area contributed by atoms with Crippen LogP contribution in [0.3, 0.4) is 0 Å². The second-order valence-electron chi connectivity index (χ2n) is 7.29. The van der Waals surface area contributed by atoms with Crippen LogP contribution in [0.4, 0.5) is 5.69 Å². The third-order valence-corrected chi connectivity index (χ3v) is 4.86. The van der Waals surface area contributed by atoms with Crippen molar-refractivity contribution >= 4 is 23.4 Å². The Kier molecular flexibility index (Phi) is 8.25. The SMILES string of the molecule is CC(C)[C@H](N)C(=O)NCC(=O)NCCC(=O)N1CCN(c2ccccc2)CC1. The van der Waals surface area contributed by atoms with E-state index in [0.29, 0.717) is 13.1 Å². The van der Waals surface area contributed by atoms with Crippen LogP contribution < -0.4 is 21.3 Å². The van der Waals surface area contributed by atoms with Crippen molar-refractivity contribution in [1.82, 2.24) is 15.5 Å². The van der Waals surface area contributed by atoms with Gasteiger partial charge in [0.25, 0.3) is 0 Å². The monoisotopic (exact) mass is 389 g/mol. The Morgan fingerprint density at radius 3 is 2.29 bits per heavy atom. The number of nitrogens with one attached hydrogen (secondary N) is 2. The summed E-state index contributed by atoms with van der Waals surface area (Å²) >= 11 is 0. The molecule has 28 heavy (non-hydrogen) atoms. The van der Waals surface area contributed by atoms with Crippen molar-refractivity contribution < 1.29 is 14.4 Å². The molecule has 4 N–H and O–H groups in total. The Hall–Kier alpha value is -2.61. The summed E-state index contributed by atoms with van der Waals surface area (Å²) in [6.07, 6.45) is 0.247. The van der Waals surface area contributed by atoms with Crippen LogP contribution in [-0.4, -0.2) is 67.9 Å². The van der Waals surface area contributed by atoms with E-state index in [4.69, 9.17) is 5.73 Å². The molecule has 0 aromatic heterocycles. The highest BCUT2D eigenvalue weighted by Crippen LogP contribution is 2.15. The van der Waals surface area contributed by atoms with E-state index in [-0.39, 0.29) is 43.1 Å². The molecule has 3 amide bonds. The first kappa shape index (κ1) is 21.7. The molecule has 1 aromatic rings. The van der Waals surface area contributed by atoms with Gasteiger partial charge in [0, 0.05) is 44.8 Å². The molecule has 1 heterocycles. The summed E-state index contributed by atoms with van der Waals surface area (Å²) < 4.78 is 0. The molecule has 0 unspecified atom stereocenters. The molecular formula is C20H31N5O3. The maximum atomic E-state index is 12.3. The number of carbonyl (C=O) groups excluding carboxylic acids is 3. The van der Waals surface area contributed by atoms with E-state index in [1.165, 1.54) is 5.69 Å². The van der Waals surface area contributed by atoms with Crippen LogP contribution in [0.25, 0.3) is 0 Å². The average Bonchev–Trinajstić information content (AvgIpc) is 2.72. The highest BCUT2D eigenvalue weighted by Gasteiger charge is 2.21. The minimum atomic E-state index is -0.635. The van der Waals surface area contributed by atoms with E-state index in [0.717, 1.165) is 13.1 Å². The van der Waals surface area contributed by atoms with Crippen LogP contribution in [0.15, 0.2) is 30.3 Å². The maximum absolute atomic E-state index is 12.3. The molecule has 1 aliphatic rings. The van der Waals surface area contributed by atoms with Gasteiger partial charge in [0.1, 0.15) is 0 Å². The lowest BCUT2D eigenvalue weighted by Crippen LogP contribution is -2.49. The Balaban J connectivity index is 1.62. The van der Waals surface area contributed by atoms with Gasteiger partial charge in [0.2, 0.25) is 17.7 Å². The Bertz CT molecular complexity index is 657. The predicted molar refractivity (Wildman–Crippen MR) is 109 cm³/mol. The molecule has 0 aliphatic carbocycles. The second-order valence-corrected chi connectivity index (χ2v) is 7.29. The van der Waals surface area contributed by atoms with Gasteiger partial charge in [-0.05, 0) is 18.1 Å². The molecule has 0 bridgehead atoms. The normalized spacial score (nSPS) is 15.3. The topological polar surface area (TPSA) is 108 Å². The number of carbonyl (C=O) groups is 3. The van der Waals surface area contributed by atoms with Gasteiger partial charge in [0.15, 0.2) is 0 Å². The van der Waals surface area contributed by atoms with Crippen LogP contribution in [0.2, 0.25) is 0 Å². The molecule has 1 aliphatic heterocycles. The van der Waals surface area contributed by atoms with Crippen molar-refractivity contribution in [2.75, 3.05) is 44.2 Å². The smallest absolute Gasteiger partial charge is 0.239 e. The molecule has 0 radical (unpaired) electrons. The Labute approximate surface area is 166 Å². The molecule has 1 aromatic carbocycles. The molecule has 1 atom stereocenters. The lowest BCUT2D eigenvalue weighted by molar-refractivity contribution is -0.131. The number of para-hydroxylation sites is 1. The number of hydrogen-bond acceptors (Lipinski definition) is 5. The second kappa shape index (κ2) is 10.7. The number of amides is 3. The van der Waals surface area contributed by atoms with Gasteiger partial charge >= 0.3 is 0 Å². The van der Waals surface area contributed by atoms with E-state index in [1.807, 2.05) is 36.9 Å². The summed E-state index contributed by atoms with van der Waals surface area (Å²) in [5.41, 5.74) is 6.89. The number of rotatable bonds is 8. The zero-order valence-corrected chi connectivity index (χ0v) is 16.7. The fourth-order valence-electron chi connectivity index (χ4n) is 2.97. The van der Waals surface area contributed by atoms with Gasteiger partial charge in [-0.15, -0.1) is 0 Å². The molecule has 2 rings (SSSR count). The van der Waals surface area contributed by atoms with Crippen LogP contribution in [0.1, 0.15) is 20.3 Å². The molecule has 1 saturated heterocycles. The Morgan fingerprint density at radius 1 is 1.04 bits per heavy atom. The first-order valence-corrected chi connectivity index (χ1v) is 9.76. The molecule has 0 saturated carbocycles. The van der Waals surface area contributed by atoms with Crippen LogP contribution >= 0.6 is 0 Å². The maximum Gasteiger partial charge on any atom is 0.239 e. The summed E-state index contributed by atoms with van der Waals surface area (Å²) in [5, 5.41) is 5.17. The zero-order valence-electron chi connectivity index (χ0n) is 16.7. The highest BCUT2D eigenvalue weighted by atomic mass is 16.2. The summed E-state index contributed by atoms with van der Waals surface area (Å²) in [5.74, 6) is -0.648. The quantitative estimate of drug-likeness (QED) is 0.577. The van der Waals surface area contributed by atoms with Crippen molar-refractivity contribution in [3.8, 4) is 0 Å². The van der Waals surface area contributed by atoms with Crippen molar-refractivity contribution in [3.63, 3.8) is 0 Å². The number of anilines is 1. The van der Waals surface area contributed by atoms with Gasteiger partial charge in [-0.1, -0.05) is 32.0 Å². The van der Waals surface area contributed by atoms with E-state index in [2.05, 4.69) is 27.7 Å². The Morgan fingerprint density at radius 2 is 1.68 bits per heavy atom. The minimum absolute atomic E-state index is 0.00282. The average molecular weight is 390 g/mol. The first-order valence-electron chi connectivity index (χ1n) is 9.76. The van der Waals surface area contributed by atoms with Gasteiger partial charge in [-0.3, -0.25) is 14.4 Å². The standard InChI is InChI=1S/C20H31N5O3/c1-15(2)19(21)20(28)23-14-17(26)22-9-8-18(27)25-12-10-24(11-13-25)16-6-4-3-5-7-16/h3-7,15,19H,8-14,21H2,1-2H3,(H,22,26)(H,23,28)/t19-/m0/s1. The third-order valence-electron chi connectivity index (χ3n) is 4.86. The fourth-order valence-corrected chi connectivity index (χ4v) is 2.97. The van der Waals surface area contributed by atoms with Crippen LogP contribution in [0, 0.1) is 5.92 Å². The molecule has 8 nitrogen and oxygen atoms in total.